The molecular weight excluding hydrogens is 316 g/mol. The van der Waals surface area contributed by atoms with E-state index in [0.717, 1.165) is 12.8 Å². The van der Waals surface area contributed by atoms with Crippen LogP contribution in [0.4, 0.5) is 0 Å². The van der Waals surface area contributed by atoms with Crippen LogP contribution in [-0.4, -0.2) is 47.4 Å². The zero-order chi connectivity index (χ0) is 17.2. The number of aromatic nitrogens is 2. The Balaban J connectivity index is 2.60. The Morgan fingerprint density at radius 3 is 2.65 bits per heavy atom. The van der Waals surface area contributed by atoms with Crippen LogP contribution >= 0.6 is 0 Å². The number of rotatable bonds is 6. The summed E-state index contributed by atoms with van der Waals surface area (Å²) in [6.45, 7) is 5.85. The summed E-state index contributed by atoms with van der Waals surface area (Å²) < 4.78 is 7.51. The van der Waals surface area contributed by atoms with Crippen LogP contribution in [0.3, 0.4) is 0 Å². The van der Waals surface area contributed by atoms with Gasteiger partial charge in [0.1, 0.15) is 11.5 Å². The second-order valence-electron chi connectivity index (χ2n) is 6.46. The first kappa shape index (κ1) is 18.1. The summed E-state index contributed by atoms with van der Waals surface area (Å²) in [6, 6.07) is 1.29. The highest BCUT2D eigenvalue weighted by Gasteiger charge is 2.57. The minimum Gasteiger partial charge on any atom is -0.394 e. The Hall–Kier alpha value is -1.22. The van der Waals surface area contributed by atoms with E-state index in [0.29, 0.717) is 6.42 Å². The van der Waals surface area contributed by atoms with Crippen LogP contribution in [0.5, 0.6) is 0 Å². The van der Waals surface area contributed by atoms with E-state index in [9.17, 15) is 19.8 Å². The van der Waals surface area contributed by atoms with Crippen molar-refractivity contribution in [2.45, 2.75) is 56.8 Å². The first-order valence-electron chi connectivity index (χ1n) is 8.17. The Morgan fingerprint density at radius 1 is 1.43 bits per heavy atom. The number of nitrogens with one attached hydrogen (secondary N) is 1. The molecule has 130 valence electrons. The first-order chi connectivity index (χ1) is 10.9. The van der Waals surface area contributed by atoms with Crippen molar-refractivity contribution in [3.8, 4) is 0 Å². The Labute approximate surface area is 136 Å². The molecule has 0 saturated carbocycles. The van der Waals surface area contributed by atoms with Gasteiger partial charge < -0.3 is 14.9 Å². The van der Waals surface area contributed by atoms with Gasteiger partial charge in [0, 0.05) is 18.2 Å². The van der Waals surface area contributed by atoms with E-state index in [2.05, 4.69) is 11.9 Å². The maximum Gasteiger partial charge on any atom is 0.330 e. The minimum absolute atomic E-state index is 0.283. The Bertz CT molecular complexity index is 643. The summed E-state index contributed by atoms with van der Waals surface area (Å²) in [5.74, 6) is -0.283. The fraction of sp³-hybridized carbons (Fsp3) is 0.733. The summed E-state index contributed by atoms with van der Waals surface area (Å²) in [7, 11) is -1.67. The van der Waals surface area contributed by atoms with Gasteiger partial charge in [0.05, 0.1) is 21.5 Å². The monoisotopic (exact) mass is 342 g/mol. The fourth-order valence-corrected chi connectivity index (χ4v) is 6.05. The smallest absolute Gasteiger partial charge is 0.330 e. The van der Waals surface area contributed by atoms with Gasteiger partial charge in [-0.1, -0.05) is 32.9 Å². The summed E-state index contributed by atoms with van der Waals surface area (Å²) in [4.78, 5) is 26.0. The zero-order valence-electron chi connectivity index (χ0n) is 13.9. The fourth-order valence-electron chi connectivity index (χ4n) is 3.62. The van der Waals surface area contributed by atoms with Crippen molar-refractivity contribution in [2.24, 2.45) is 5.92 Å². The lowest BCUT2D eigenvalue weighted by Crippen LogP contribution is -2.56. The molecule has 4 atom stereocenters. The van der Waals surface area contributed by atoms with Crippen molar-refractivity contribution in [3.63, 3.8) is 0 Å². The maximum atomic E-state index is 12.4. The van der Waals surface area contributed by atoms with Crippen molar-refractivity contribution in [2.75, 3.05) is 6.61 Å². The number of aliphatic hydroxyl groups is 2. The molecule has 0 spiro atoms. The van der Waals surface area contributed by atoms with Crippen molar-refractivity contribution < 1.29 is 14.9 Å². The lowest BCUT2D eigenvalue weighted by Gasteiger charge is -2.39. The van der Waals surface area contributed by atoms with Crippen LogP contribution in [0.1, 0.15) is 26.2 Å². The molecule has 1 aromatic heterocycles. The number of ether oxygens (including phenoxy) is 1. The summed E-state index contributed by atoms with van der Waals surface area (Å²) in [5, 5.41) is 19.2. The van der Waals surface area contributed by atoms with E-state index in [1.165, 1.54) is 16.8 Å². The van der Waals surface area contributed by atoms with Crippen LogP contribution in [-0.2, 0) is 10.1 Å². The highest BCUT2D eigenvalue weighted by molar-refractivity contribution is 6.58. The molecule has 0 aromatic carbocycles. The van der Waals surface area contributed by atoms with Gasteiger partial charge in [0.15, 0.2) is 0 Å². The molecule has 0 bridgehead atoms. The maximum absolute atomic E-state index is 12.4. The average Bonchev–Trinajstić information content (AvgIpc) is 2.78. The van der Waals surface area contributed by atoms with Crippen molar-refractivity contribution in [3.05, 3.63) is 33.1 Å². The van der Waals surface area contributed by atoms with E-state index >= 15 is 0 Å². The van der Waals surface area contributed by atoms with Gasteiger partial charge in [0.2, 0.25) is 0 Å². The number of aliphatic hydroxyl groups excluding tert-OH is 2. The number of nitrogens with zero attached hydrogens (tertiary/aromatic N) is 1. The first-order valence-corrected chi connectivity index (χ1v) is 11.1. The van der Waals surface area contributed by atoms with Crippen molar-refractivity contribution in [1.82, 2.24) is 9.55 Å². The number of H-pyrrole nitrogens is 1. The molecule has 0 amide bonds. The van der Waals surface area contributed by atoms with Crippen molar-refractivity contribution >= 4 is 8.80 Å². The molecule has 8 heteroatoms. The molecule has 1 aromatic rings. The molecule has 3 N–H and O–H groups in total. The van der Waals surface area contributed by atoms with E-state index < -0.39 is 37.6 Å². The molecule has 23 heavy (non-hydrogen) atoms. The molecule has 2 rings (SSSR count). The number of hydrogen-bond donors (Lipinski definition) is 3. The third kappa shape index (κ3) is 3.08. The highest BCUT2D eigenvalue weighted by atomic mass is 28.3. The van der Waals surface area contributed by atoms with Crippen LogP contribution in [0.15, 0.2) is 21.9 Å². The number of aromatic amines is 1. The van der Waals surface area contributed by atoms with Gasteiger partial charge in [-0.3, -0.25) is 14.3 Å². The van der Waals surface area contributed by atoms with Crippen LogP contribution < -0.4 is 11.2 Å². The average molecular weight is 342 g/mol. The molecule has 1 aliphatic heterocycles. The van der Waals surface area contributed by atoms with E-state index in [-0.39, 0.29) is 12.5 Å². The summed E-state index contributed by atoms with van der Waals surface area (Å²) >= 11 is 0. The van der Waals surface area contributed by atoms with Crippen LogP contribution in [0.25, 0.3) is 0 Å². The minimum atomic E-state index is -1.67. The lowest BCUT2D eigenvalue weighted by atomic mass is 9.93. The topological polar surface area (TPSA) is 105 Å². The van der Waals surface area contributed by atoms with Crippen LogP contribution in [0.2, 0.25) is 13.1 Å². The van der Waals surface area contributed by atoms with Gasteiger partial charge in [0.25, 0.3) is 5.56 Å². The number of unbranched alkanes of at least 4 members (excludes halogenated alkanes) is 1. The van der Waals surface area contributed by atoms with Gasteiger partial charge in [-0.25, -0.2) is 4.79 Å². The Kier molecular flexibility index (Phi) is 5.61. The largest absolute Gasteiger partial charge is 0.394 e. The molecule has 1 fully saturated rings. The predicted molar refractivity (Wildman–Crippen MR) is 89.2 cm³/mol. The van der Waals surface area contributed by atoms with Gasteiger partial charge in [-0.15, -0.1) is 0 Å². The van der Waals surface area contributed by atoms with Crippen LogP contribution in [0, 0.1) is 5.92 Å². The van der Waals surface area contributed by atoms with E-state index in [1.54, 1.807) is 0 Å². The predicted octanol–water partition coefficient (Wildman–Crippen LogP) is -0.226. The zero-order valence-corrected chi connectivity index (χ0v) is 15.0. The molecular formula is C15H26N2O5Si. The second-order valence-corrected chi connectivity index (χ2v) is 9.60. The van der Waals surface area contributed by atoms with Gasteiger partial charge in [-0.2, -0.15) is 0 Å². The van der Waals surface area contributed by atoms with E-state index in [1.807, 2.05) is 13.1 Å². The molecule has 2 heterocycles. The van der Waals surface area contributed by atoms with Gasteiger partial charge >= 0.3 is 5.69 Å². The van der Waals surface area contributed by atoms with Crippen molar-refractivity contribution in [1.29, 1.82) is 0 Å². The third-order valence-corrected chi connectivity index (χ3v) is 7.24. The molecule has 0 radical (unpaired) electrons. The van der Waals surface area contributed by atoms with E-state index in [4.69, 9.17) is 4.74 Å². The standard InChI is InChI=1S/C15H26N2O5Si/c1-4-5-6-10-13(20)11(9-18)22-15(10,23(2)3)17-8-7-12(19)16-14(17)21/h7-8,10-11,13,18,20,23H,4-6,9H2,1-3H3,(H,16,19,21)/t10-,11-,13+,15+/m1/s1. The molecule has 0 aliphatic carbocycles. The normalized spacial score (nSPS) is 31.0. The second kappa shape index (κ2) is 7.12. The quantitative estimate of drug-likeness (QED) is 0.620. The summed E-state index contributed by atoms with van der Waals surface area (Å²) in [6.07, 6.45) is 2.45. The molecule has 1 saturated heterocycles. The Morgan fingerprint density at radius 2 is 2.13 bits per heavy atom. The molecule has 0 unspecified atom stereocenters. The molecule has 7 nitrogen and oxygen atoms in total. The SMILES string of the molecule is CCCC[C@@H]1[C@H](O)[C@@H](CO)O[C@]1(n1ccc(=O)[nH]c1=O)[SiH](C)C. The highest BCUT2D eigenvalue weighted by Crippen LogP contribution is 2.44. The van der Waals surface area contributed by atoms with Gasteiger partial charge in [-0.05, 0) is 6.42 Å². The summed E-state index contributed by atoms with van der Waals surface area (Å²) in [5.41, 5.74) is -1.000. The molecule has 1 aliphatic rings. The number of hydrogen-bond acceptors (Lipinski definition) is 5. The lowest BCUT2D eigenvalue weighted by molar-refractivity contribution is -0.0808. The third-order valence-electron chi connectivity index (χ3n) is 4.74.